The van der Waals surface area contributed by atoms with Gasteiger partial charge in [-0.15, -0.1) is 0 Å². The third-order valence-corrected chi connectivity index (χ3v) is 1.08. The zero-order valence-corrected chi connectivity index (χ0v) is 4.22. The van der Waals surface area contributed by atoms with Crippen LogP contribution >= 0.6 is 0 Å². The van der Waals surface area contributed by atoms with Gasteiger partial charge in [0.25, 0.3) is 0 Å². The summed E-state index contributed by atoms with van der Waals surface area (Å²) < 4.78 is 0. The fourth-order valence-corrected chi connectivity index (χ4v) is 0.485. The maximum absolute atomic E-state index is 9.65. The molecule has 1 heterocycles. The fourth-order valence-electron chi connectivity index (χ4n) is 0.485. The molecule has 1 aliphatic rings. The molecule has 0 aromatic rings. The minimum atomic E-state index is 0.560. The van der Waals surface area contributed by atoms with Crippen LogP contribution in [0.15, 0.2) is 0 Å². The van der Waals surface area contributed by atoms with E-state index in [1.165, 1.54) is 0 Å². The molecular formula is C4H8N2O. The van der Waals surface area contributed by atoms with Crippen molar-refractivity contribution in [1.82, 2.24) is 10.4 Å². The van der Waals surface area contributed by atoms with Crippen molar-refractivity contribution in [2.75, 3.05) is 6.54 Å². The highest BCUT2D eigenvalue weighted by Crippen LogP contribution is 2.09. The normalized spacial score (nSPS) is 37.3. The Balaban J connectivity index is 2.08. The van der Waals surface area contributed by atoms with Crippen LogP contribution < -0.4 is 5.43 Å². The molecule has 1 amide bonds. The Morgan fingerprint density at radius 2 is 2.57 bits per heavy atom. The van der Waals surface area contributed by atoms with Gasteiger partial charge in [-0.3, -0.25) is 10.2 Å². The van der Waals surface area contributed by atoms with Gasteiger partial charge in [0.2, 0.25) is 6.41 Å². The molecule has 1 rings (SSSR count). The van der Waals surface area contributed by atoms with Crippen LogP contribution in [-0.2, 0) is 4.79 Å². The van der Waals surface area contributed by atoms with Gasteiger partial charge >= 0.3 is 0 Å². The van der Waals surface area contributed by atoms with Crippen molar-refractivity contribution in [3.05, 3.63) is 0 Å². The number of hydrogen-bond donors (Lipinski definition) is 1. The van der Waals surface area contributed by atoms with E-state index in [1.54, 1.807) is 0 Å². The Labute approximate surface area is 42.3 Å². The molecule has 0 bridgehead atoms. The molecule has 1 aliphatic heterocycles. The molecule has 0 aromatic heterocycles. The summed E-state index contributed by atoms with van der Waals surface area (Å²) in [4.78, 5) is 9.65. The van der Waals surface area contributed by atoms with Crippen LogP contribution in [0.4, 0.5) is 0 Å². The summed E-state index contributed by atoms with van der Waals surface area (Å²) in [5.74, 6) is 0. The lowest BCUT2D eigenvalue weighted by Gasteiger charge is -1.92. The lowest BCUT2D eigenvalue weighted by atomic mass is 10.6. The van der Waals surface area contributed by atoms with Crippen molar-refractivity contribution in [3.8, 4) is 0 Å². The molecule has 0 aromatic carbocycles. The molecule has 2 unspecified atom stereocenters. The molecule has 40 valence electrons. The molecule has 0 spiro atoms. The number of carbonyl (C=O) groups excluding carboxylic acids is 1. The van der Waals surface area contributed by atoms with Crippen LogP contribution in [0.1, 0.15) is 6.92 Å². The highest BCUT2D eigenvalue weighted by atomic mass is 16.1. The van der Waals surface area contributed by atoms with E-state index in [4.69, 9.17) is 0 Å². The number of nitrogens with one attached hydrogen (secondary N) is 1. The Hall–Kier alpha value is -0.570. The topological polar surface area (TPSA) is 32.1 Å². The Morgan fingerprint density at radius 1 is 2.00 bits per heavy atom. The molecule has 1 N–H and O–H groups in total. The number of carbonyl (C=O) groups is 1. The van der Waals surface area contributed by atoms with Crippen LogP contribution in [0.2, 0.25) is 0 Å². The van der Waals surface area contributed by atoms with E-state index >= 15 is 0 Å². The first kappa shape index (κ1) is 4.59. The molecule has 0 radical (unpaired) electrons. The standard InChI is InChI=1S/C4H8N2O/c1-4-2-6(4)5-3-7/h3-4H,2H2,1H3,(H,5,7). The van der Waals surface area contributed by atoms with Crippen LogP contribution in [-0.4, -0.2) is 24.0 Å². The van der Waals surface area contributed by atoms with E-state index in [0.717, 1.165) is 6.54 Å². The van der Waals surface area contributed by atoms with Gasteiger partial charge < -0.3 is 0 Å². The van der Waals surface area contributed by atoms with Gasteiger partial charge in [0.05, 0.1) is 0 Å². The number of hydrogen-bond acceptors (Lipinski definition) is 2. The van der Waals surface area contributed by atoms with Crippen molar-refractivity contribution in [2.24, 2.45) is 0 Å². The average Bonchev–Trinajstić information content (AvgIpc) is 2.22. The van der Waals surface area contributed by atoms with E-state index < -0.39 is 0 Å². The molecule has 1 fully saturated rings. The minimum absolute atomic E-state index is 0.560. The van der Waals surface area contributed by atoms with Crippen LogP contribution in [0.25, 0.3) is 0 Å². The van der Waals surface area contributed by atoms with Gasteiger partial charge in [-0.05, 0) is 6.92 Å². The number of nitrogens with zero attached hydrogens (tertiary/aromatic N) is 1. The highest BCUT2D eigenvalue weighted by molar-refractivity contribution is 5.45. The molecule has 0 aliphatic carbocycles. The highest BCUT2D eigenvalue weighted by Gasteiger charge is 2.27. The van der Waals surface area contributed by atoms with Gasteiger partial charge in [0.1, 0.15) is 0 Å². The largest absolute Gasteiger partial charge is 0.291 e. The summed E-state index contributed by atoms with van der Waals surface area (Å²) in [6, 6.07) is 0.560. The van der Waals surface area contributed by atoms with Crippen LogP contribution in [0.5, 0.6) is 0 Å². The summed E-state index contributed by atoms with van der Waals surface area (Å²) in [7, 11) is 0. The fraction of sp³-hybridized carbons (Fsp3) is 0.750. The number of amides is 1. The van der Waals surface area contributed by atoms with E-state index in [1.807, 2.05) is 5.01 Å². The van der Waals surface area contributed by atoms with E-state index in [-0.39, 0.29) is 0 Å². The predicted molar refractivity (Wildman–Crippen MR) is 25.4 cm³/mol. The summed E-state index contributed by atoms with van der Waals surface area (Å²) in [6.45, 7) is 3.05. The minimum Gasteiger partial charge on any atom is -0.291 e. The van der Waals surface area contributed by atoms with E-state index in [2.05, 4.69) is 12.3 Å². The SMILES string of the molecule is CC1CN1NC=O. The summed E-state index contributed by atoms with van der Waals surface area (Å²) in [6.07, 6.45) is 0.698. The molecular weight excluding hydrogens is 92.1 g/mol. The smallest absolute Gasteiger partial charge is 0.221 e. The Kier molecular flexibility index (Phi) is 0.982. The monoisotopic (exact) mass is 100 g/mol. The second kappa shape index (κ2) is 1.50. The average molecular weight is 100 g/mol. The van der Waals surface area contributed by atoms with Crippen LogP contribution in [0.3, 0.4) is 0 Å². The van der Waals surface area contributed by atoms with Gasteiger partial charge in [-0.25, -0.2) is 5.01 Å². The quantitative estimate of drug-likeness (QED) is 0.369. The third-order valence-electron chi connectivity index (χ3n) is 1.08. The molecule has 2 atom stereocenters. The number of hydrazine groups is 1. The third kappa shape index (κ3) is 0.899. The first-order valence-corrected chi connectivity index (χ1v) is 2.31. The number of rotatable bonds is 2. The van der Waals surface area contributed by atoms with Crippen molar-refractivity contribution in [2.45, 2.75) is 13.0 Å². The van der Waals surface area contributed by atoms with Gasteiger partial charge in [-0.1, -0.05) is 0 Å². The summed E-state index contributed by atoms with van der Waals surface area (Å²) in [5, 5.41) is 1.85. The van der Waals surface area contributed by atoms with Crippen LogP contribution in [0, 0.1) is 0 Å². The van der Waals surface area contributed by atoms with Gasteiger partial charge in [0.15, 0.2) is 0 Å². The second-order valence-corrected chi connectivity index (χ2v) is 1.75. The molecule has 1 saturated heterocycles. The lowest BCUT2D eigenvalue weighted by Crippen LogP contribution is -2.19. The zero-order valence-electron chi connectivity index (χ0n) is 4.22. The van der Waals surface area contributed by atoms with Crippen molar-refractivity contribution in [3.63, 3.8) is 0 Å². The Morgan fingerprint density at radius 3 is 2.71 bits per heavy atom. The summed E-state index contributed by atoms with van der Waals surface area (Å²) in [5.41, 5.74) is 2.52. The summed E-state index contributed by atoms with van der Waals surface area (Å²) >= 11 is 0. The second-order valence-electron chi connectivity index (χ2n) is 1.75. The predicted octanol–water partition coefficient (Wildman–Crippen LogP) is -0.649. The maximum Gasteiger partial charge on any atom is 0.221 e. The maximum atomic E-state index is 9.65. The first-order valence-electron chi connectivity index (χ1n) is 2.31. The van der Waals surface area contributed by atoms with Crippen molar-refractivity contribution in [1.29, 1.82) is 0 Å². The molecule has 3 heteroatoms. The molecule has 7 heavy (non-hydrogen) atoms. The van der Waals surface area contributed by atoms with Gasteiger partial charge in [0, 0.05) is 12.6 Å². The lowest BCUT2D eigenvalue weighted by molar-refractivity contribution is -0.111. The first-order chi connectivity index (χ1) is 3.34. The van der Waals surface area contributed by atoms with E-state index in [0.29, 0.717) is 12.5 Å². The molecule has 0 saturated carbocycles. The van der Waals surface area contributed by atoms with Crippen molar-refractivity contribution >= 4 is 6.41 Å². The molecule has 3 nitrogen and oxygen atoms in total. The van der Waals surface area contributed by atoms with E-state index in [9.17, 15) is 4.79 Å². The Bertz CT molecular complexity index is 83.8. The zero-order chi connectivity index (χ0) is 5.28. The van der Waals surface area contributed by atoms with Crippen molar-refractivity contribution < 1.29 is 4.79 Å². The van der Waals surface area contributed by atoms with Gasteiger partial charge in [-0.2, -0.15) is 0 Å².